The maximum atomic E-state index is 13.8. The number of sulfonamides is 1. The molecule has 8 nitrogen and oxygen atoms in total. The van der Waals surface area contributed by atoms with Crippen LogP contribution in [-0.2, 0) is 14.8 Å². The lowest BCUT2D eigenvalue weighted by Gasteiger charge is -2.35. The summed E-state index contributed by atoms with van der Waals surface area (Å²) in [6, 6.07) is 4.74. The molecule has 1 fully saturated rings. The second-order valence-electron chi connectivity index (χ2n) is 7.20. The molecule has 1 aromatic heterocycles. The van der Waals surface area contributed by atoms with Crippen LogP contribution >= 0.6 is 12.2 Å². The Hall–Kier alpha value is -2.50. The van der Waals surface area contributed by atoms with Crippen LogP contribution in [0, 0.1) is 26.6 Å². The Morgan fingerprint density at radius 3 is 2.39 bits per heavy atom. The third-order valence-electron chi connectivity index (χ3n) is 5.14. The number of nitrogens with zero attached hydrogens (tertiary/aromatic N) is 2. The van der Waals surface area contributed by atoms with Crippen LogP contribution < -0.4 is 5.32 Å². The molecule has 31 heavy (non-hydrogen) atoms. The summed E-state index contributed by atoms with van der Waals surface area (Å²) in [5.74, 6) is -0.769. The van der Waals surface area contributed by atoms with Crippen LogP contribution in [0.1, 0.15) is 27.4 Å². The van der Waals surface area contributed by atoms with Crippen LogP contribution in [0.15, 0.2) is 27.5 Å². The molecule has 2 aromatic rings. The molecule has 1 aromatic carbocycles. The summed E-state index contributed by atoms with van der Waals surface area (Å²) in [6.07, 6.45) is 0. The van der Waals surface area contributed by atoms with E-state index in [0.717, 1.165) is 0 Å². The van der Waals surface area contributed by atoms with E-state index < -0.39 is 16.0 Å². The molecule has 1 N–H and O–H groups in total. The van der Waals surface area contributed by atoms with E-state index in [1.54, 1.807) is 19.1 Å². The molecule has 0 saturated carbocycles. The van der Waals surface area contributed by atoms with E-state index >= 15 is 0 Å². The largest absolute Gasteiger partial charge is 0.465 e. The number of piperazine rings is 1. The van der Waals surface area contributed by atoms with Crippen molar-refractivity contribution in [2.75, 3.05) is 38.6 Å². The van der Waals surface area contributed by atoms with Gasteiger partial charge >= 0.3 is 5.97 Å². The molecule has 0 atom stereocenters. The summed E-state index contributed by atoms with van der Waals surface area (Å²) in [7, 11) is -2.79. The summed E-state index contributed by atoms with van der Waals surface area (Å²) in [4.78, 5) is 13.8. The Balaban J connectivity index is 1.72. The van der Waals surface area contributed by atoms with Crippen molar-refractivity contribution in [3.8, 4) is 0 Å². The number of esters is 1. The van der Waals surface area contributed by atoms with Crippen LogP contribution in [0.3, 0.4) is 0 Å². The zero-order chi connectivity index (χ0) is 22.9. The number of hydrogen-bond acceptors (Lipinski definition) is 6. The average Bonchev–Trinajstić information content (AvgIpc) is 3.04. The summed E-state index contributed by atoms with van der Waals surface area (Å²) in [5.41, 5.74) is 0.975. The molecule has 11 heteroatoms. The summed E-state index contributed by atoms with van der Waals surface area (Å²) < 4.78 is 51.7. The fraction of sp³-hybridized carbons (Fsp3) is 0.400. The highest BCUT2D eigenvalue weighted by Gasteiger charge is 2.37. The third-order valence-corrected chi connectivity index (χ3v) is 7.55. The normalized spacial score (nSPS) is 15.1. The van der Waals surface area contributed by atoms with E-state index in [1.807, 2.05) is 4.90 Å². The quantitative estimate of drug-likeness (QED) is 0.540. The molecule has 0 spiro atoms. The van der Waals surface area contributed by atoms with Gasteiger partial charge in [0.15, 0.2) is 5.11 Å². The van der Waals surface area contributed by atoms with Gasteiger partial charge in [-0.15, -0.1) is 0 Å². The predicted molar refractivity (Wildman–Crippen MR) is 117 cm³/mol. The van der Waals surface area contributed by atoms with E-state index in [1.165, 1.54) is 31.3 Å². The Kier molecular flexibility index (Phi) is 6.68. The SMILES string of the molecule is COC(=O)c1c(C)oc(C)c1S(=O)(=O)N1CCN(C(=S)Nc2ccc(C)c(F)c2)CC1. The van der Waals surface area contributed by atoms with Gasteiger partial charge in [-0.2, -0.15) is 4.31 Å². The molecule has 0 unspecified atom stereocenters. The number of hydrogen-bond donors (Lipinski definition) is 1. The van der Waals surface area contributed by atoms with Gasteiger partial charge in [-0.1, -0.05) is 6.07 Å². The lowest BCUT2D eigenvalue weighted by Crippen LogP contribution is -2.51. The van der Waals surface area contributed by atoms with Gasteiger partial charge in [0.1, 0.15) is 27.8 Å². The van der Waals surface area contributed by atoms with Crippen LogP contribution in [0.25, 0.3) is 0 Å². The topological polar surface area (TPSA) is 92.1 Å². The molecule has 168 valence electrons. The van der Waals surface area contributed by atoms with Crippen molar-refractivity contribution in [3.05, 3.63) is 46.7 Å². The van der Waals surface area contributed by atoms with Crippen LogP contribution in [0.2, 0.25) is 0 Å². The molecule has 2 heterocycles. The molecular weight excluding hydrogens is 445 g/mol. The maximum Gasteiger partial charge on any atom is 0.342 e. The number of ether oxygens (including phenoxy) is 1. The Morgan fingerprint density at radius 1 is 1.16 bits per heavy atom. The van der Waals surface area contributed by atoms with E-state index in [9.17, 15) is 17.6 Å². The highest BCUT2D eigenvalue weighted by atomic mass is 32.2. The van der Waals surface area contributed by atoms with Gasteiger partial charge in [0, 0.05) is 31.9 Å². The molecule has 3 rings (SSSR count). The minimum atomic E-state index is -3.98. The van der Waals surface area contributed by atoms with Crippen molar-refractivity contribution >= 4 is 39.0 Å². The zero-order valence-corrected chi connectivity index (χ0v) is 19.3. The smallest absolute Gasteiger partial charge is 0.342 e. The Morgan fingerprint density at radius 2 is 1.81 bits per heavy atom. The zero-order valence-electron chi connectivity index (χ0n) is 17.7. The predicted octanol–water partition coefficient (Wildman–Crippen LogP) is 2.83. The first-order valence-corrected chi connectivity index (χ1v) is 11.4. The van der Waals surface area contributed by atoms with Crippen LogP contribution in [0.5, 0.6) is 0 Å². The average molecular weight is 470 g/mol. The van der Waals surface area contributed by atoms with Gasteiger partial charge in [0.05, 0.1) is 7.11 Å². The molecule has 1 saturated heterocycles. The van der Waals surface area contributed by atoms with E-state index in [2.05, 4.69) is 5.32 Å². The van der Waals surface area contributed by atoms with Crippen molar-refractivity contribution in [3.63, 3.8) is 0 Å². The molecule has 0 amide bonds. The molecule has 1 aliphatic heterocycles. The number of carbonyl (C=O) groups is 1. The molecule has 1 aliphatic rings. The van der Waals surface area contributed by atoms with Gasteiger partial charge in [-0.05, 0) is 50.7 Å². The number of halogens is 1. The van der Waals surface area contributed by atoms with Crippen molar-refractivity contribution in [1.82, 2.24) is 9.21 Å². The molecule has 0 bridgehead atoms. The monoisotopic (exact) mass is 469 g/mol. The summed E-state index contributed by atoms with van der Waals surface area (Å²) >= 11 is 5.40. The number of benzene rings is 1. The number of aryl methyl sites for hydroxylation is 3. The molecule has 0 radical (unpaired) electrons. The number of nitrogens with one attached hydrogen (secondary N) is 1. The van der Waals surface area contributed by atoms with E-state index in [4.69, 9.17) is 21.4 Å². The maximum absolute atomic E-state index is 13.8. The van der Waals surface area contributed by atoms with Crippen molar-refractivity contribution in [2.45, 2.75) is 25.7 Å². The van der Waals surface area contributed by atoms with Crippen LogP contribution in [0.4, 0.5) is 10.1 Å². The van der Waals surface area contributed by atoms with Crippen LogP contribution in [-0.4, -0.2) is 62.0 Å². The second kappa shape index (κ2) is 8.93. The van der Waals surface area contributed by atoms with Gasteiger partial charge in [0.25, 0.3) is 0 Å². The second-order valence-corrected chi connectivity index (χ2v) is 9.46. The third kappa shape index (κ3) is 4.58. The van der Waals surface area contributed by atoms with Gasteiger partial charge in [-0.3, -0.25) is 0 Å². The first kappa shape index (κ1) is 23.2. The van der Waals surface area contributed by atoms with Gasteiger partial charge < -0.3 is 19.4 Å². The lowest BCUT2D eigenvalue weighted by atomic mass is 10.2. The fourth-order valence-corrected chi connectivity index (χ4v) is 5.54. The van der Waals surface area contributed by atoms with E-state index in [0.29, 0.717) is 29.5 Å². The van der Waals surface area contributed by atoms with E-state index in [-0.39, 0.29) is 40.9 Å². The van der Waals surface area contributed by atoms with Crippen molar-refractivity contribution in [1.29, 1.82) is 0 Å². The first-order valence-electron chi connectivity index (χ1n) is 9.56. The fourth-order valence-electron chi connectivity index (χ4n) is 3.45. The highest BCUT2D eigenvalue weighted by molar-refractivity contribution is 7.89. The number of thiocarbonyl (C=S) groups is 1. The highest BCUT2D eigenvalue weighted by Crippen LogP contribution is 2.30. The Labute approximate surface area is 186 Å². The van der Waals surface area contributed by atoms with Crippen molar-refractivity contribution < 1.29 is 26.8 Å². The summed E-state index contributed by atoms with van der Waals surface area (Å²) in [6.45, 7) is 5.70. The lowest BCUT2D eigenvalue weighted by molar-refractivity contribution is 0.0594. The molecular formula is C20H24FN3O5S2. The Bertz CT molecular complexity index is 1120. The number of carbonyl (C=O) groups excluding carboxylic acids is 1. The summed E-state index contributed by atoms with van der Waals surface area (Å²) in [5, 5.41) is 3.36. The standard InChI is InChI=1S/C20H24FN3O5S2/c1-12-5-6-15(11-16(12)21)22-20(30)23-7-9-24(10-8-23)31(26,27)18-14(3)29-13(2)17(18)19(25)28-4/h5-6,11H,7-10H2,1-4H3,(H,22,30). The number of furan rings is 1. The van der Waals surface area contributed by atoms with Gasteiger partial charge in [-0.25, -0.2) is 17.6 Å². The van der Waals surface area contributed by atoms with Crippen molar-refractivity contribution in [2.24, 2.45) is 0 Å². The number of methoxy groups -OCH3 is 1. The molecule has 0 aliphatic carbocycles. The number of rotatable bonds is 4. The number of anilines is 1. The first-order chi connectivity index (χ1) is 14.6. The minimum Gasteiger partial charge on any atom is -0.465 e. The van der Waals surface area contributed by atoms with Gasteiger partial charge in [0.2, 0.25) is 10.0 Å². The minimum absolute atomic E-state index is 0.0824.